The van der Waals surface area contributed by atoms with Gasteiger partial charge in [-0.15, -0.1) is 0 Å². The number of carbonyl (C=O) groups is 1. The second kappa shape index (κ2) is 10.4. The highest BCUT2D eigenvalue weighted by atomic mass is 79.9. The molecule has 3 rings (SSSR count). The van der Waals surface area contributed by atoms with E-state index < -0.39 is 28.2 Å². The highest BCUT2D eigenvalue weighted by Gasteiger charge is 2.26. The molecule has 1 heterocycles. The zero-order chi connectivity index (χ0) is 25.0. The summed E-state index contributed by atoms with van der Waals surface area (Å²) < 4.78 is 12.6. The van der Waals surface area contributed by atoms with Crippen molar-refractivity contribution in [3.05, 3.63) is 66.7 Å². The lowest BCUT2D eigenvalue weighted by molar-refractivity contribution is -0.386. The Morgan fingerprint density at radius 1 is 1.35 bits per heavy atom. The maximum atomic E-state index is 13.0. The molecule has 0 fully saturated rings. The molecule has 0 bridgehead atoms. The topological polar surface area (TPSA) is 146 Å². The second-order valence-corrected chi connectivity index (χ2v) is 7.98. The van der Waals surface area contributed by atoms with Crippen LogP contribution in [0.15, 0.2) is 44.7 Å². The molecule has 0 unspecified atom stereocenters. The van der Waals surface area contributed by atoms with Gasteiger partial charge in [-0.2, -0.15) is 9.78 Å². The Balaban J connectivity index is 2.14. The SMILES string of the molecule is CCOc1cc(C=Nn2c(CC)nc3ccc(Br)cc3c2=O)cc([N+](=O)[O-])c1O[C@H](C)C(=O)O. The maximum Gasteiger partial charge on any atom is 0.344 e. The van der Waals surface area contributed by atoms with Crippen LogP contribution in [0.4, 0.5) is 5.69 Å². The molecule has 34 heavy (non-hydrogen) atoms. The van der Waals surface area contributed by atoms with Gasteiger partial charge in [-0.05, 0) is 38.1 Å². The third-order valence-electron chi connectivity index (χ3n) is 4.71. The minimum absolute atomic E-state index is 0.0186. The zero-order valence-corrected chi connectivity index (χ0v) is 20.1. The summed E-state index contributed by atoms with van der Waals surface area (Å²) in [6, 6.07) is 7.74. The number of nitrogens with zero attached hydrogens (tertiary/aromatic N) is 4. The molecule has 3 aromatic rings. The number of hydrogen-bond acceptors (Lipinski definition) is 8. The molecule has 12 heteroatoms. The summed E-state index contributed by atoms with van der Waals surface area (Å²) in [6.07, 6.45) is 0.348. The number of ether oxygens (including phenoxy) is 2. The number of halogens is 1. The van der Waals surface area contributed by atoms with Crippen molar-refractivity contribution in [1.82, 2.24) is 9.66 Å². The predicted molar refractivity (Wildman–Crippen MR) is 128 cm³/mol. The van der Waals surface area contributed by atoms with E-state index in [4.69, 9.17) is 14.6 Å². The third-order valence-corrected chi connectivity index (χ3v) is 5.20. The summed E-state index contributed by atoms with van der Waals surface area (Å²) in [6.45, 7) is 4.90. The molecular formula is C22H21BrN4O7. The quantitative estimate of drug-likeness (QED) is 0.249. The lowest BCUT2D eigenvalue weighted by Gasteiger charge is -2.15. The summed E-state index contributed by atoms with van der Waals surface area (Å²) in [7, 11) is 0. The number of nitro groups is 1. The number of hydrogen-bond donors (Lipinski definition) is 1. The van der Waals surface area contributed by atoms with Crippen LogP contribution < -0.4 is 15.0 Å². The van der Waals surface area contributed by atoms with Crippen LogP contribution in [0.1, 0.15) is 32.2 Å². The number of aryl methyl sites for hydroxylation is 1. The van der Waals surface area contributed by atoms with Crippen molar-refractivity contribution in [2.45, 2.75) is 33.3 Å². The molecular weight excluding hydrogens is 512 g/mol. The number of carboxylic acids is 1. The molecule has 2 aromatic carbocycles. The van der Waals surface area contributed by atoms with Gasteiger partial charge in [0.1, 0.15) is 5.82 Å². The van der Waals surface area contributed by atoms with Gasteiger partial charge in [0, 0.05) is 22.5 Å². The summed E-state index contributed by atoms with van der Waals surface area (Å²) in [5, 5.41) is 25.4. The average Bonchev–Trinajstić information content (AvgIpc) is 2.79. The van der Waals surface area contributed by atoms with Crippen LogP contribution in [0.2, 0.25) is 0 Å². The summed E-state index contributed by atoms with van der Waals surface area (Å²) in [5.41, 5.74) is -0.119. The smallest absolute Gasteiger partial charge is 0.344 e. The number of nitro benzene ring substituents is 1. The molecule has 11 nitrogen and oxygen atoms in total. The first kappa shape index (κ1) is 24.8. The van der Waals surface area contributed by atoms with Gasteiger partial charge in [0.05, 0.1) is 28.6 Å². The number of fused-ring (bicyclic) bond motifs is 1. The molecule has 0 saturated heterocycles. The van der Waals surface area contributed by atoms with Crippen molar-refractivity contribution in [3.8, 4) is 11.5 Å². The van der Waals surface area contributed by atoms with Gasteiger partial charge in [-0.25, -0.2) is 9.78 Å². The van der Waals surface area contributed by atoms with Gasteiger partial charge in [0.25, 0.3) is 5.56 Å². The van der Waals surface area contributed by atoms with Crippen LogP contribution in [0.5, 0.6) is 11.5 Å². The van der Waals surface area contributed by atoms with Crippen molar-refractivity contribution >= 4 is 44.7 Å². The fourth-order valence-corrected chi connectivity index (χ4v) is 3.45. The summed E-state index contributed by atoms with van der Waals surface area (Å²) in [4.78, 5) is 39.7. The zero-order valence-electron chi connectivity index (χ0n) is 18.5. The second-order valence-electron chi connectivity index (χ2n) is 7.06. The Morgan fingerprint density at radius 3 is 2.71 bits per heavy atom. The molecule has 0 aliphatic heterocycles. The monoisotopic (exact) mass is 532 g/mol. The van der Waals surface area contributed by atoms with Gasteiger partial charge >= 0.3 is 11.7 Å². The number of aromatic nitrogens is 2. The average molecular weight is 533 g/mol. The van der Waals surface area contributed by atoms with E-state index in [9.17, 15) is 19.7 Å². The minimum atomic E-state index is -1.34. The van der Waals surface area contributed by atoms with E-state index in [1.54, 1.807) is 25.1 Å². The third kappa shape index (κ3) is 5.22. The Hall–Kier alpha value is -3.80. The van der Waals surface area contributed by atoms with E-state index in [0.29, 0.717) is 27.6 Å². The number of benzene rings is 2. The highest BCUT2D eigenvalue weighted by Crippen LogP contribution is 2.39. The van der Waals surface area contributed by atoms with Crippen molar-refractivity contribution in [3.63, 3.8) is 0 Å². The molecule has 1 N–H and O–H groups in total. The number of carboxylic acid groups (broad SMARTS) is 1. The Labute approximate surface area is 201 Å². The fraction of sp³-hybridized carbons (Fsp3) is 0.273. The van der Waals surface area contributed by atoms with Gasteiger partial charge in [0.15, 0.2) is 11.9 Å². The van der Waals surface area contributed by atoms with E-state index >= 15 is 0 Å². The van der Waals surface area contributed by atoms with Crippen LogP contribution >= 0.6 is 15.9 Å². The van der Waals surface area contributed by atoms with Gasteiger partial charge < -0.3 is 14.6 Å². The lowest BCUT2D eigenvalue weighted by atomic mass is 10.1. The molecule has 178 valence electrons. The minimum Gasteiger partial charge on any atom is -0.490 e. The lowest BCUT2D eigenvalue weighted by Crippen LogP contribution is -2.23. The highest BCUT2D eigenvalue weighted by molar-refractivity contribution is 9.10. The van der Waals surface area contributed by atoms with Crippen molar-refractivity contribution in [2.75, 3.05) is 6.61 Å². The molecule has 0 aliphatic rings. The first-order valence-electron chi connectivity index (χ1n) is 10.3. The molecule has 0 radical (unpaired) electrons. The van der Waals surface area contributed by atoms with E-state index in [2.05, 4.69) is 26.0 Å². The predicted octanol–water partition coefficient (Wildman–Crippen LogP) is 3.76. The van der Waals surface area contributed by atoms with E-state index in [-0.39, 0.29) is 23.7 Å². The van der Waals surface area contributed by atoms with E-state index in [1.807, 2.05) is 6.92 Å². The summed E-state index contributed by atoms with van der Waals surface area (Å²) >= 11 is 3.34. The Morgan fingerprint density at radius 2 is 2.09 bits per heavy atom. The molecule has 0 spiro atoms. The van der Waals surface area contributed by atoms with Crippen molar-refractivity contribution in [1.29, 1.82) is 0 Å². The van der Waals surface area contributed by atoms with Gasteiger partial charge in [0.2, 0.25) is 5.75 Å². The van der Waals surface area contributed by atoms with E-state index in [0.717, 1.165) is 10.7 Å². The maximum absolute atomic E-state index is 13.0. The van der Waals surface area contributed by atoms with Crippen LogP contribution in [0.3, 0.4) is 0 Å². The summed E-state index contributed by atoms with van der Waals surface area (Å²) in [5.74, 6) is -1.20. The van der Waals surface area contributed by atoms with Crippen molar-refractivity contribution < 1.29 is 24.3 Å². The Bertz CT molecular complexity index is 1350. The van der Waals surface area contributed by atoms with Gasteiger partial charge in [-0.1, -0.05) is 22.9 Å². The molecule has 1 aromatic heterocycles. The molecule has 1 atom stereocenters. The Kier molecular flexibility index (Phi) is 7.61. The van der Waals surface area contributed by atoms with Crippen LogP contribution in [-0.4, -0.2) is 44.6 Å². The van der Waals surface area contributed by atoms with Crippen LogP contribution in [-0.2, 0) is 11.2 Å². The molecule has 0 saturated carbocycles. The normalized spacial score (nSPS) is 12.1. The standard InChI is InChI=1S/C22H21BrN4O7/c1-4-19-25-16-7-6-14(23)10-15(16)21(28)26(19)24-11-13-8-17(27(31)32)20(18(9-13)33-5-2)34-12(3)22(29)30/h6-12H,4-5H2,1-3H3,(H,29,30)/t12-/m1/s1. The first-order chi connectivity index (χ1) is 16.2. The van der Waals surface area contributed by atoms with E-state index in [1.165, 1.54) is 19.2 Å². The number of rotatable bonds is 9. The van der Waals surface area contributed by atoms with Crippen molar-refractivity contribution in [2.24, 2.45) is 5.10 Å². The fourth-order valence-electron chi connectivity index (χ4n) is 3.09. The first-order valence-corrected chi connectivity index (χ1v) is 11.1. The molecule has 0 amide bonds. The largest absolute Gasteiger partial charge is 0.490 e. The van der Waals surface area contributed by atoms with Crippen LogP contribution in [0.25, 0.3) is 10.9 Å². The van der Waals surface area contributed by atoms with Crippen LogP contribution in [0, 0.1) is 10.1 Å². The number of aliphatic carboxylic acids is 1. The van der Waals surface area contributed by atoms with Gasteiger partial charge in [-0.3, -0.25) is 14.9 Å². The molecule has 0 aliphatic carbocycles.